The van der Waals surface area contributed by atoms with E-state index < -0.39 is 23.4 Å². The molecule has 142 valence electrons. The first-order chi connectivity index (χ1) is 13.4. The fraction of sp³-hybridized carbons (Fsp3) is 0.100. The first-order valence-electron chi connectivity index (χ1n) is 8.30. The second-order valence-corrected chi connectivity index (χ2v) is 6.35. The third-order valence-corrected chi connectivity index (χ3v) is 4.33. The highest BCUT2D eigenvalue weighted by molar-refractivity contribution is 6.34. The number of carbonyl (C=O) groups is 2. The highest BCUT2D eigenvalue weighted by Crippen LogP contribution is 2.26. The van der Waals surface area contributed by atoms with Crippen LogP contribution < -0.4 is 5.32 Å². The molecule has 0 saturated carbocycles. The number of amides is 1. The van der Waals surface area contributed by atoms with Crippen molar-refractivity contribution < 1.29 is 19.2 Å². The summed E-state index contributed by atoms with van der Waals surface area (Å²) in [4.78, 5) is 34.2. The zero-order chi connectivity index (χ0) is 20.1. The molecule has 0 aliphatic heterocycles. The second kappa shape index (κ2) is 8.49. The Morgan fingerprint density at radius 2 is 1.82 bits per heavy atom. The lowest BCUT2D eigenvalue weighted by molar-refractivity contribution is -0.384. The minimum Gasteiger partial charge on any atom is -0.455 e. The Hall–Kier alpha value is -3.45. The number of anilines is 1. The van der Waals surface area contributed by atoms with Crippen LogP contribution in [-0.4, -0.2) is 23.4 Å². The summed E-state index contributed by atoms with van der Waals surface area (Å²) in [6.45, 7) is -0.489. The summed E-state index contributed by atoms with van der Waals surface area (Å²) in [7, 11) is 0. The van der Waals surface area contributed by atoms with Crippen LogP contribution in [0.15, 0.2) is 60.7 Å². The van der Waals surface area contributed by atoms with E-state index in [9.17, 15) is 19.7 Å². The maximum atomic E-state index is 12.1. The van der Waals surface area contributed by atoms with Crippen LogP contribution in [0.4, 0.5) is 11.4 Å². The van der Waals surface area contributed by atoms with Gasteiger partial charge in [0.1, 0.15) is 0 Å². The van der Waals surface area contributed by atoms with Gasteiger partial charge >= 0.3 is 5.97 Å². The van der Waals surface area contributed by atoms with Crippen molar-refractivity contribution in [3.63, 3.8) is 0 Å². The summed E-state index contributed by atoms with van der Waals surface area (Å²) in [5.41, 5.74) is 0.814. The number of carbonyl (C=O) groups excluding carboxylic acids is 2. The third kappa shape index (κ3) is 4.63. The van der Waals surface area contributed by atoms with Crippen molar-refractivity contribution in [2.75, 3.05) is 11.9 Å². The van der Waals surface area contributed by atoms with E-state index in [1.807, 2.05) is 42.5 Å². The van der Waals surface area contributed by atoms with E-state index in [-0.39, 0.29) is 22.8 Å². The molecule has 0 bridgehead atoms. The van der Waals surface area contributed by atoms with E-state index in [0.717, 1.165) is 22.4 Å². The molecule has 0 aliphatic carbocycles. The summed E-state index contributed by atoms with van der Waals surface area (Å²) < 4.78 is 5.03. The number of non-ortho nitro benzene ring substituents is 1. The normalized spacial score (nSPS) is 10.5. The van der Waals surface area contributed by atoms with E-state index in [1.165, 1.54) is 12.1 Å². The van der Waals surface area contributed by atoms with Gasteiger partial charge in [0.2, 0.25) is 0 Å². The Balaban J connectivity index is 1.57. The topological polar surface area (TPSA) is 98.5 Å². The first-order valence-corrected chi connectivity index (χ1v) is 8.68. The maximum absolute atomic E-state index is 12.1. The van der Waals surface area contributed by atoms with Crippen LogP contribution in [0.2, 0.25) is 5.02 Å². The SMILES string of the molecule is O=C(COC(=O)Cc1cccc2ccccc12)Nc1ccc([N+](=O)[O-])cc1Cl. The number of ether oxygens (including phenoxy) is 1. The van der Waals surface area contributed by atoms with Crippen LogP contribution in [-0.2, 0) is 20.7 Å². The van der Waals surface area contributed by atoms with Gasteiger partial charge in [-0.05, 0) is 22.4 Å². The number of rotatable bonds is 6. The Morgan fingerprint density at radius 3 is 2.57 bits per heavy atom. The van der Waals surface area contributed by atoms with Gasteiger partial charge in [0.05, 0.1) is 22.1 Å². The monoisotopic (exact) mass is 398 g/mol. The smallest absolute Gasteiger partial charge is 0.310 e. The minimum atomic E-state index is -0.595. The minimum absolute atomic E-state index is 0.0182. The number of fused-ring (bicyclic) bond motifs is 1. The molecule has 8 heteroatoms. The van der Waals surface area contributed by atoms with Crippen LogP contribution in [0.5, 0.6) is 0 Å². The lowest BCUT2D eigenvalue weighted by atomic mass is 10.0. The molecule has 0 heterocycles. The Kier molecular flexibility index (Phi) is 5.86. The summed E-state index contributed by atoms with van der Waals surface area (Å²) >= 11 is 5.92. The summed E-state index contributed by atoms with van der Waals surface area (Å²) in [6.07, 6.45) is 0.0346. The van der Waals surface area contributed by atoms with Crippen molar-refractivity contribution in [3.05, 3.63) is 81.4 Å². The fourth-order valence-corrected chi connectivity index (χ4v) is 2.93. The zero-order valence-electron chi connectivity index (χ0n) is 14.6. The highest BCUT2D eigenvalue weighted by Gasteiger charge is 2.14. The molecule has 3 aromatic rings. The molecule has 1 N–H and O–H groups in total. The van der Waals surface area contributed by atoms with Gasteiger partial charge in [0.15, 0.2) is 6.61 Å². The molecule has 3 rings (SSSR count). The number of nitrogens with zero attached hydrogens (tertiary/aromatic N) is 1. The molecule has 0 aliphatic rings. The molecule has 3 aromatic carbocycles. The lowest BCUT2D eigenvalue weighted by Gasteiger charge is -2.09. The fourth-order valence-electron chi connectivity index (χ4n) is 2.70. The van der Waals surface area contributed by atoms with Crippen molar-refractivity contribution in [3.8, 4) is 0 Å². The zero-order valence-corrected chi connectivity index (χ0v) is 15.3. The van der Waals surface area contributed by atoms with Crippen molar-refractivity contribution in [2.24, 2.45) is 0 Å². The van der Waals surface area contributed by atoms with E-state index >= 15 is 0 Å². The molecule has 0 fully saturated rings. The van der Waals surface area contributed by atoms with E-state index in [1.54, 1.807) is 0 Å². The Labute approximate surface area is 165 Å². The molecule has 0 aromatic heterocycles. The first kappa shape index (κ1) is 19.3. The highest BCUT2D eigenvalue weighted by atomic mass is 35.5. The molecular formula is C20H15ClN2O5. The predicted molar refractivity (Wildman–Crippen MR) is 105 cm³/mol. The molecule has 1 amide bonds. The van der Waals surface area contributed by atoms with Crippen LogP contribution in [0, 0.1) is 10.1 Å². The predicted octanol–water partition coefficient (Wildman–Crippen LogP) is 4.13. The number of benzene rings is 3. The standard InChI is InChI=1S/C20H15ClN2O5/c21-17-11-15(23(26)27)8-9-18(17)22-19(24)12-28-20(25)10-14-6-3-5-13-4-1-2-7-16(13)14/h1-9,11H,10,12H2,(H,22,24). The van der Waals surface area contributed by atoms with E-state index in [4.69, 9.17) is 16.3 Å². The quantitative estimate of drug-likeness (QED) is 0.382. The number of hydrogen-bond donors (Lipinski definition) is 1. The van der Waals surface area contributed by atoms with Gasteiger partial charge in [-0.25, -0.2) is 0 Å². The largest absolute Gasteiger partial charge is 0.455 e. The molecular weight excluding hydrogens is 384 g/mol. The van der Waals surface area contributed by atoms with Gasteiger partial charge in [-0.1, -0.05) is 54.1 Å². The van der Waals surface area contributed by atoms with Gasteiger partial charge in [0.25, 0.3) is 11.6 Å². The number of nitro benzene ring substituents is 1. The molecule has 28 heavy (non-hydrogen) atoms. The number of nitro groups is 1. The van der Waals surface area contributed by atoms with Gasteiger partial charge in [-0.3, -0.25) is 19.7 Å². The molecule has 0 radical (unpaired) electrons. The van der Waals surface area contributed by atoms with Gasteiger partial charge < -0.3 is 10.1 Å². The van der Waals surface area contributed by atoms with Crippen molar-refractivity contribution >= 4 is 45.6 Å². The van der Waals surface area contributed by atoms with Crippen molar-refractivity contribution in [1.29, 1.82) is 0 Å². The summed E-state index contributed by atoms with van der Waals surface area (Å²) in [5, 5.41) is 15.1. The van der Waals surface area contributed by atoms with Crippen LogP contribution in [0.25, 0.3) is 10.8 Å². The van der Waals surface area contributed by atoms with Crippen molar-refractivity contribution in [2.45, 2.75) is 6.42 Å². The molecule has 0 saturated heterocycles. The molecule has 0 unspecified atom stereocenters. The van der Waals surface area contributed by atoms with E-state index in [0.29, 0.717) is 0 Å². The number of halogens is 1. The average Bonchev–Trinajstić information content (AvgIpc) is 2.68. The number of nitrogens with one attached hydrogen (secondary N) is 1. The van der Waals surface area contributed by atoms with Gasteiger partial charge in [-0.15, -0.1) is 0 Å². The van der Waals surface area contributed by atoms with E-state index in [2.05, 4.69) is 5.32 Å². The lowest BCUT2D eigenvalue weighted by Crippen LogP contribution is -2.21. The summed E-state index contributed by atoms with van der Waals surface area (Å²) in [6, 6.07) is 17.0. The Bertz CT molecular complexity index is 1060. The second-order valence-electron chi connectivity index (χ2n) is 5.95. The number of hydrogen-bond acceptors (Lipinski definition) is 5. The number of esters is 1. The molecule has 0 spiro atoms. The summed E-state index contributed by atoms with van der Waals surface area (Å²) in [5.74, 6) is -1.14. The van der Waals surface area contributed by atoms with Crippen molar-refractivity contribution in [1.82, 2.24) is 0 Å². The van der Waals surface area contributed by atoms with Gasteiger partial charge in [-0.2, -0.15) is 0 Å². The third-order valence-electron chi connectivity index (χ3n) is 4.02. The van der Waals surface area contributed by atoms with Crippen LogP contribution in [0.3, 0.4) is 0 Å². The molecule has 0 atom stereocenters. The molecule has 7 nitrogen and oxygen atoms in total. The van der Waals surface area contributed by atoms with Crippen LogP contribution in [0.1, 0.15) is 5.56 Å². The van der Waals surface area contributed by atoms with Crippen LogP contribution >= 0.6 is 11.6 Å². The average molecular weight is 399 g/mol. The van der Waals surface area contributed by atoms with Gasteiger partial charge in [0, 0.05) is 12.1 Å². The Morgan fingerprint density at radius 1 is 1.07 bits per heavy atom. The maximum Gasteiger partial charge on any atom is 0.310 e.